The molecule has 2 N–H and O–H groups in total. The lowest BCUT2D eigenvalue weighted by atomic mass is 9.97. The second kappa shape index (κ2) is 6.52. The fourth-order valence-electron chi connectivity index (χ4n) is 2.61. The Bertz CT molecular complexity index is 953. The lowest BCUT2D eigenvalue weighted by Crippen LogP contribution is -1.89. The Morgan fingerprint density at radius 3 is 1.42 bits per heavy atom. The van der Waals surface area contributed by atoms with Crippen LogP contribution in [0.2, 0.25) is 0 Å². The third kappa shape index (κ3) is 3.16. The summed E-state index contributed by atoms with van der Waals surface area (Å²) >= 11 is 0. The van der Waals surface area contributed by atoms with Gasteiger partial charge in [0.1, 0.15) is 11.5 Å². The highest BCUT2D eigenvalue weighted by molar-refractivity contribution is 5.79. The van der Waals surface area contributed by atoms with E-state index in [0.717, 1.165) is 12.1 Å². The first kappa shape index (κ1) is 16.9. The highest BCUT2D eigenvalue weighted by Crippen LogP contribution is 2.37. The Morgan fingerprint density at radius 2 is 1.08 bits per heavy atom. The van der Waals surface area contributed by atoms with Crippen molar-refractivity contribution in [2.24, 2.45) is 0 Å². The zero-order valence-corrected chi connectivity index (χ0v) is 13.2. The van der Waals surface area contributed by atoms with Gasteiger partial charge in [-0.05, 0) is 29.3 Å². The second-order valence-corrected chi connectivity index (χ2v) is 5.50. The number of phenolic OH excluding ortho intramolecular Hbond substituents is 2. The van der Waals surface area contributed by atoms with Crippen LogP contribution in [0.15, 0.2) is 60.7 Å². The molecule has 0 spiro atoms. The average Bonchev–Trinajstić information content (AvgIpc) is 2.61. The zero-order chi connectivity index (χ0) is 18.8. The van der Waals surface area contributed by atoms with Crippen LogP contribution in [0.25, 0.3) is 22.3 Å². The number of hydrogen-bond donors (Lipinski definition) is 2. The molecule has 0 aromatic heterocycles. The summed E-state index contributed by atoms with van der Waals surface area (Å²) in [5.74, 6) is -0.492. The van der Waals surface area contributed by atoms with Gasteiger partial charge in [0.05, 0.1) is 22.0 Å². The Hall–Kier alpha value is -3.94. The molecule has 130 valence electrons. The standard InChI is InChI=1S/C18H12N2O6/c21-17-9-13(19(23)24)4-6-15(17)11-2-1-3-12(8-11)16-7-5-14(20(25)26)10-18(16)22/h1-10,21-22H. The van der Waals surface area contributed by atoms with E-state index < -0.39 is 9.85 Å². The van der Waals surface area contributed by atoms with Crippen molar-refractivity contribution in [2.45, 2.75) is 0 Å². The van der Waals surface area contributed by atoms with Gasteiger partial charge in [0, 0.05) is 23.3 Å². The number of nitro benzene ring substituents is 2. The minimum absolute atomic E-state index is 0.226. The molecule has 0 aliphatic carbocycles. The third-order valence-corrected chi connectivity index (χ3v) is 3.87. The van der Waals surface area contributed by atoms with E-state index in [1.54, 1.807) is 24.3 Å². The zero-order valence-electron chi connectivity index (χ0n) is 13.2. The van der Waals surface area contributed by atoms with E-state index in [1.165, 1.54) is 24.3 Å². The van der Waals surface area contributed by atoms with Crippen LogP contribution >= 0.6 is 0 Å². The minimum Gasteiger partial charge on any atom is -0.507 e. The van der Waals surface area contributed by atoms with Crippen LogP contribution in [0.3, 0.4) is 0 Å². The van der Waals surface area contributed by atoms with E-state index >= 15 is 0 Å². The molecule has 3 rings (SSSR count). The smallest absolute Gasteiger partial charge is 0.273 e. The van der Waals surface area contributed by atoms with E-state index in [-0.39, 0.29) is 22.9 Å². The molecule has 0 heterocycles. The van der Waals surface area contributed by atoms with Crippen molar-refractivity contribution in [3.63, 3.8) is 0 Å². The molecular weight excluding hydrogens is 340 g/mol. The highest BCUT2D eigenvalue weighted by atomic mass is 16.6. The van der Waals surface area contributed by atoms with E-state index in [1.807, 2.05) is 0 Å². The van der Waals surface area contributed by atoms with Crippen LogP contribution in [0.1, 0.15) is 0 Å². The number of rotatable bonds is 4. The molecule has 26 heavy (non-hydrogen) atoms. The van der Waals surface area contributed by atoms with Gasteiger partial charge in [-0.3, -0.25) is 20.2 Å². The van der Waals surface area contributed by atoms with E-state index in [0.29, 0.717) is 22.3 Å². The fourth-order valence-corrected chi connectivity index (χ4v) is 2.61. The van der Waals surface area contributed by atoms with Gasteiger partial charge < -0.3 is 10.2 Å². The van der Waals surface area contributed by atoms with Crippen molar-refractivity contribution in [3.8, 4) is 33.8 Å². The first-order valence-electron chi connectivity index (χ1n) is 7.42. The van der Waals surface area contributed by atoms with Gasteiger partial charge >= 0.3 is 0 Å². The van der Waals surface area contributed by atoms with Gasteiger partial charge in [0.2, 0.25) is 0 Å². The quantitative estimate of drug-likeness (QED) is 0.534. The van der Waals surface area contributed by atoms with Crippen molar-refractivity contribution < 1.29 is 20.1 Å². The Balaban J connectivity index is 2.04. The number of nitrogens with zero attached hydrogens (tertiary/aromatic N) is 2. The minimum atomic E-state index is -0.602. The van der Waals surface area contributed by atoms with Gasteiger partial charge in [-0.15, -0.1) is 0 Å². The predicted octanol–water partition coefficient (Wildman–Crippen LogP) is 4.25. The molecule has 8 heteroatoms. The number of nitro groups is 2. The Morgan fingerprint density at radius 1 is 0.654 bits per heavy atom. The van der Waals surface area contributed by atoms with E-state index in [2.05, 4.69) is 0 Å². The summed E-state index contributed by atoms with van der Waals surface area (Å²) in [6.07, 6.45) is 0. The van der Waals surface area contributed by atoms with Crippen molar-refractivity contribution >= 4 is 11.4 Å². The molecule has 0 saturated heterocycles. The maximum atomic E-state index is 10.8. The van der Waals surface area contributed by atoms with Crippen LogP contribution in [0, 0.1) is 20.2 Å². The Kier molecular flexibility index (Phi) is 4.24. The molecule has 0 aliphatic heterocycles. The average molecular weight is 352 g/mol. The van der Waals surface area contributed by atoms with Crippen molar-refractivity contribution in [3.05, 3.63) is 80.9 Å². The molecule has 0 amide bonds. The molecule has 0 fully saturated rings. The number of phenols is 2. The van der Waals surface area contributed by atoms with Gasteiger partial charge in [-0.1, -0.05) is 18.2 Å². The first-order chi connectivity index (χ1) is 12.4. The SMILES string of the molecule is O=[N+]([O-])c1ccc(-c2cccc(-c3ccc([N+](=O)[O-])cc3O)c2)c(O)c1. The molecule has 0 bridgehead atoms. The molecule has 8 nitrogen and oxygen atoms in total. The van der Waals surface area contributed by atoms with E-state index in [9.17, 15) is 30.4 Å². The molecule has 0 aliphatic rings. The maximum Gasteiger partial charge on any atom is 0.273 e. The lowest BCUT2D eigenvalue weighted by Gasteiger charge is -2.09. The van der Waals surface area contributed by atoms with Gasteiger partial charge in [0.15, 0.2) is 0 Å². The number of hydrogen-bond acceptors (Lipinski definition) is 6. The summed E-state index contributed by atoms with van der Waals surface area (Å²) in [6, 6.07) is 14.3. The van der Waals surface area contributed by atoms with E-state index in [4.69, 9.17) is 0 Å². The van der Waals surface area contributed by atoms with Crippen molar-refractivity contribution in [2.75, 3.05) is 0 Å². The summed E-state index contributed by atoms with van der Waals surface area (Å²) in [5, 5.41) is 41.7. The second-order valence-electron chi connectivity index (χ2n) is 5.50. The number of non-ortho nitro benzene ring substituents is 2. The van der Waals surface area contributed by atoms with Crippen molar-refractivity contribution in [1.82, 2.24) is 0 Å². The van der Waals surface area contributed by atoms with Gasteiger partial charge in [-0.25, -0.2) is 0 Å². The van der Waals surface area contributed by atoms with Crippen molar-refractivity contribution in [1.29, 1.82) is 0 Å². The molecule has 0 atom stereocenters. The fraction of sp³-hybridized carbons (Fsp3) is 0. The largest absolute Gasteiger partial charge is 0.507 e. The lowest BCUT2D eigenvalue weighted by molar-refractivity contribution is -0.385. The summed E-state index contributed by atoms with van der Waals surface area (Å²) in [4.78, 5) is 20.3. The monoisotopic (exact) mass is 352 g/mol. The Labute approximate surface area is 146 Å². The summed E-state index contributed by atoms with van der Waals surface area (Å²) < 4.78 is 0. The van der Waals surface area contributed by atoms with Crippen LogP contribution in [-0.4, -0.2) is 20.1 Å². The molecule has 0 unspecified atom stereocenters. The number of aromatic hydroxyl groups is 2. The topological polar surface area (TPSA) is 127 Å². The summed E-state index contributed by atoms with van der Waals surface area (Å²) in [7, 11) is 0. The van der Waals surface area contributed by atoms with Crippen LogP contribution in [-0.2, 0) is 0 Å². The summed E-state index contributed by atoms with van der Waals surface area (Å²) in [6.45, 7) is 0. The molecular formula is C18H12N2O6. The van der Waals surface area contributed by atoms with Crippen LogP contribution < -0.4 is 0 Å². The highest BCUT2D eigenvalue weighted by Gasteiger charge is 2.14. The van der Waals surface area contributed by atoms with Gasteiger partial charge in [0.25, 0.3) is 11.4 Å². The predicted molar refractivity (Wildman–Crippen MR) is 94.0 cm³/mol. The number of benzene rings is 3. The molecule has 3 aromatic carbocycles. The van der Waals surface area contributed by atoms with Crippen LogP contribution in [0.4, 0.5) is 11.4 Å². The maximum absolute atomic E-state index is 10.8. The molecule has 3 aromatic rings. The normalized spacial score (nSPS) is 10.5. The molecule has 0 radical (unpaired) electrons. The molecule has 0 saturated carbocycles. The summed E-state index contributed by atoms with van der Waals surface area (Å²) in [5.41, 5.74) is 1.48. The van der Waals surface area contributed by atoms with Crippen LogP contribution in [0.5, 0.6) is 11.5 Å². The third-order valence-electron chi connectivity index (χ3n) is 3.87. The first-order valence-corrected chi connectivity index (χ1v) is 7.42. The van der Waals surface area contributed by atoms with Gasteiger partial charge in [-0.2, -0.15) is 0 Å².